The molecule has 0 aliphatic heterocycles. The molecule has 0 unspecified atom stereocenters. The van der Waals surface area contributed by atoms with E-state index in [0.717, 1.165) is 18.7 Å². The van der Waals surface area contributed by atoms with Crippen LogP contribution in [0.5, 0.6) is 0 Å². The minimum absolute atomic E-state index is 0.178. The van der Waals surface area contributed by atoms with Crippen LogP contribution in [0.2, 0.25) is 0 Å². The highest BCUT2D eigenvalue weighted by Gasteiger charge is 2.08. The van der Waals surface area contributed by atoms with Gasteiger partial charge in [0, 0.05) is 46.3 Å². The van der Waals surface area contributed by atoms with Gasteiger partial charge in [-0.2, -0.15) is 0 Å². The van der Waals surface area contributed by atoms with E-state index in [1.54, 1.807) is 4.90 Å². The van der Waals surface area contributed by atoms with Crippen LogP contribution in [0.4, 0.5) is 5.69 Å². The van der Waals surface area contributed by atoms with Gasteiger partial charge in [-0.25, -0.2) is 0 Å². The number of carbonyl (C=O) groups is 1. The van der Waals surface area contributed by atoms with Crippen LogP contribution >= 0.6 is 0 Å². The molecule has 0 saturated carbocycles. The molecule has 1 amide bonds. The van der Waals surface area contributed by atoms with Crippen molar-refractivity contribution in [1.82, 2.24) is 10.2 Å². The van der Waals surface area contributed by atoms with Crippen molar-refractivity contribution >= 4 is 11.6 Å². The Morgan fingerprint density at radius 1 is 1.16 bits per heavy atom. The van der Waals surface area contributed by atoms with Crippen LogP contribution in [-0.2, 0) is 11.3 Å². The number of carbonyl (C=O) groups excluding carboxylic acids is 1. The number of nitrogens with zero attached hydrogens (tertiary/aromatic N) is 2. The molecule has 106 valence electrons. The first-order valence-corrected chi connectivity index (χ1v) is 6.75. The van der Waals surface area contributed by atoms with Crippen molar-refractivity contribution in [3.63, 3.8) is 0 Å². The zero-order chi connectivity index (χ0) is 14.3. The fourth-order valence-corrected chi connectivity index (χ4v) is 1.82. The summed E-state index contributed by atoms with van der Waals surface area (Å²) >= 11 is 0. The van der Waals surface area contributed by atoms with E-state index in [1.165, 1.54) is 5.69 Å². The van der Waals surface area contributed by atoms with Crippen LogP contribution in [0, 0.1) is 0 Å². The largest absolute Gasteiger partial charge is 0.378 e. The molecule has 0 heterocycles. The lowest BCUT2D eigenvalue weighted by Crippen LogP contribution is -2.29. The standard InChI is InChI=1S/C15H25N3O/c1-5-16-11-10-15(19)18(4)12-13-6-8-14(9-7-13)17(2)3/h6-9,16H,5,10-12H2,1-4H3. The van der Waals surface area contributed by atoms with E-state index in [1.807, 2.05) is 28.1 Å². The molecular formula is C15H25N3O. The van der Waals surface area contributed by atoms with Gasteiger partial charge in [-0.3, -0.25) is 4.79 Å². The predicted octanol–water partition coefficient (Wildman–Crippen LogP) is 1.71. The van der Waals surface area contributed by atoms with E-state index in [9.17, 15) is 4.79 Å². The second kappa shape index (κ2) is 7.79. The second-order valence-corrected chi connectivity index (χ2v) is 4.91. The summed E-state index contributed by atoms with van der Waals surface area (Å²) in [5.41, 5.74) is 2.33. The zero-order valence-corrected chi connectivity index (χ0v) is 12.4. The average molecular weight is 263 g/mol. The number of rotatable bonds is 7. The lowest BCUT2D eigenvalue weighted by Gasteiger charge is -2.18. The van der Waals surface area contributed by atoms with E-state index in [0.29, 0.717) is 13.0 Å². The topological polar surface area (TPSA) is 35.6 Å². The third-order valence-corrected chi connectivity index (χ3v) is 3.06. The number of hydrogen-bond donors (Lipinski definition) is 1. The number of anilines is 1. The highest BCUT2D eigenvalue weighted by atomic mass is 16.2. The Balaban J connectivity index is 2.47. The molecule has 0 fully saturated rings. The maximum atomic E-state index is 11.9. The predicted molar refractivity (Wildman–Crippen MR) is 80.4 cm³/mol. The molecule has 0 saturated heterocycles. The first-order valence-electron chi connectivity index (χ1n) is 6.75. The maximum absolute atomic E-state index is 11.9. The van der Waals surface area contributed by atoms with Crippen molar-refractivity contribution < 1.29 is 4.79 Å². The van der Waals surface area contributed by atoms with Crippen molar-refractivity contribution in [3.8, 4) is 0 Å². The molecule has 19 heavy (non-hydrogen) atoms. The molecule has 1 rings (SSSR count). The molecule has 1 N–H and O–H groups in total. The smallest absolute Gasteiger partial charge is 0.223 e. The minimum atomic E-state index is 0.178. The number of hydrogen-bond acceptors (Lipinski definition) is 3. The quantitative estimate of drug-likeness (QED) is 0.761. The fourth-order valence-electron chi connectivity index (χ4n) is 1.82. The van der Waals surface area contributed by atoms with Crippen LogP contribution < -0.4 is 10.2 Å². The summed E-state index contributed by atoms with van der Waals surface area (Å²) in [7, 11) is 5.89. The van der Waals surface area contributed by atoms with Crippen LogP contribution in [0.25, 0.3) is 0 Å². The third-order valence-electron chi connectivity index (χ3n) is 3.06. The van der Waals surface area contributed by atoms with Gasteiger partial charge in [-0.15, -0.1) is 0 Å². The van der Waals surface area contributed by atoms with Gasteiger partial charge < -0.3 is 15.1 Å². The maximum Gasteiger partial charge on any atom is 0.223 e. The molecule has 4 heteroatoms. The number of nitrogens with one attached hydrogen (secondary N) is 1. The molecule has 1 aromatic carbocycles. The Bertz CT molecular complexity index is 387. The van der Waals surface area contributed by atoms with Crippen LogP contribution in [-0.4, -0.2) is 45.0 Å². The average Bonchev–Trinajstić information content (AvgIpc) is 2.39. The highest BCUT2D eigenvalue weighted by Crippen LogP contribution is 2.13. The van der Waals surface area contributed by atoms with Gasteiger partial charge in [0.15, 0.2) is 0 Å². The Hall–Kier alpha value is -1.55. The van der Waals surface area contributed by atoms with Gasteiger partial charge in [0.2, 0.25) is 5.91 Å². The van der Waals surface area contributed by atoms with E-state index >= 15 is 0 Å². The molecule has 4 nitrogen and oxygen atoms in total. The summed E-state index contributed by atoms with van der Waals surface area (Å²) in [5, 5.41) is 3.16. The highest BCUT2D eigenvalue weighted by molar-refractivity contribution is 5.76. The summed E-state index contributed by atoms with van der Waals surface area (Å²) in [6.07, 6.45) is 0.556. The summed E-state index contributed by atoms with van der Waals surface area (Å²) in [6.45, 7) is 4.36. The molecule has 0 bridgehead atoms. The Morgan fingerprint density at radius 3 is 2.32 bits per heavy atom. The van der Waals surface area contributed by atoms with Crippen LogP contribution in [0.3, 0.4) is 0 Å². The van der Waals surface area contributed by atoms with E-state index < -0.39 is 0 Å². The first kappa shape index (κ1) is 15.5. The van der Waals surface area contributed by atoms with Gasteiger partial charge in [0.05, 0.1) is 0 Å². The fraction of sp³-hybridized carbons (Fsp3) is 0.533. The molecular weight excluding hydrogens is 238 g/mol. The number of amides is 1. The minimum Gasteiger partial charge on any atom is -0.378 e. The molecule has 0 aliphatic rings. The molecule has 0 aromatic heterocycles. The molecule has 0 spiro atoms. The van der Waals surface area contributed by atoms with Crippen molar-refractivity contribution in [2.75, 3.05) is 39.1 Å². The molecule has 0 radical (unpaired) electrons. The van der Waals surface area contributed by atoms with Gasteiger partial charge in [-0.05, 0) is 24.2 Å². The number of benzene rings is 1. The molecule has 1 aromatic rings. The second-order valence-electron chi connectivity index (χ2n) is 4.91. The Morgan fingerprint density at radius 2 is 1.79 bits per heavy atom. The summed E-state index contributed by atoms with van der Waals surface area (Å²) in [6, 6.07) is 8.30. The van der Waals surface area contributed by atoms with E-state index in [-0.39, 0.29) is 5.91 Å². The monoisotopic (exact) mass is 263 g/mol. The van der Waals surface area contributed by atoms with E-state index in [2.05, 4.69) is 34.5 Å². The summed E-state index contributed by atoms with van der Waals surface area (Å²) < 4.78 is 0. The first-order chi connectivity index (χ1) is 9.04. The van der Waals surface area contributed by atoms with Crippen LogP contribution in [0.1, 0.15) is 18.9 Å². The van der Waals surface area contributed by atoms with Gasteiger partial charge in [0.1, 0.15) is 0 Å². The normalized spacial score (nSPS) is 10.3. The van der Waals surface area contributed by atoms with Crippen molar-refractivity contribution in [1.29, 1.82) is 0 Å². The molecule has 0 aliphatic carbocycles. The summed E-state index contributed by atoms with van der Waals surface area (Å²) in [4.78, 5) is 15.7. The summed E-state index contributed by atoms with van der Waals surface area (Å²) in [5.74, 6) is 0.178. The lowest BCUT2D eigenvalue weighted by atomic mass is 10.2. The Kier molecular flexibility index (Phi) is 6.36. The van der Waals surface area contributed by atoms with E-state index in [4.69, 9.17) is 0 Å². The molecule has 0 atom stereocenters. The van der Waals surface area contributed by atoms with Gasteiger partial charge >= 0.3 is 0 Å². The zero-order valence-electron chi connectivity index (χ0n) is 12.4. The van der Waals surface area contributed by atoms with Gasteiger partial charge in [0.25, 0.3) is 0 Å². The lowest BCUT2D eigenvalue weighted by molar-refractivity contribution is -0.130. The van der Waals surface area contributed by atoms with Gasteiger partial charge in [-0.1, -0.05) is 19.1 Å². The van der Waals surface area contributed by atoms with Crippen molar-refractivity contribution in [2.24, 2.45) is 0 Å². The SMILES string of the molecule is CCNCCC(=O)N(C)Cc1ccc(N(C)C)cc1. The van der Waals surface area contributed by atoms with Crippen molar-refractivity contribution in [3.05, 3.63) is 29.8 Å². The van der Waals surface area contributed by atoms with Crippen LogP contribution in [0.15, 0.2) is 24.3 Å². The van der Waals surface area contributed by atoms with Crippen molar-refractivity contribution in [2.45, 2.75) is 19.9 Å². The Labute approximate surface area is 116 Å². The third kappa shape index (κ3) is 5.30.